The maximum atomic E-state index is 12.4. The van der Waals surface area contributed by atoms with Gasteiger partial charge in [-0.1, -0.05) is 18.2 Å². The highest BCUT2D eigenvalue weighted by atomic mass is 16.6. The van der Waals surface area contributed by atoms with E-state index in [2.05, 4.69) is 22.0 Å². The monoisotopic (exact) mass is 272 g/mol. The Morgan fingerprint density at radius 1 is 1.40 bits per heavy atom. The van der Waals surface area contributed by atoms with Crippen molar-refractivity contribution in [1.29, 1.82) is 0 Å². The summed E-state index contributed by atoms with van der Waals surface area (Å²) >= 11 is 0. The summed E-state index contributed by atoms with van der Waals surface area (Å²) in [7, 11) is 0. The van der Waals surface area contributed by atoms with Gasteiger partial charge in [0.15, 0.2) is 0 Å². The van der Waals surface area contributed by atoms with Crippen molar-refractivity contribution in [2.45, 2.75) is 38.8 Å². The van der Waals surface area contributed by atoms with Crippen molar-refractivity contribution >= 4 is 17.9 Å². The third-order valence-electron chi connectivity index (χ3n) is 3.61. The minimum absolute atomic E-state index is 0.137. The van der Waals surface area contributed by atoms with Crippen LogP contribution in [0.3, 0.4) is 0 Å². The van der Waals surface area contributed by atoms with Gasteiger partial charge in [-0.3, -0.25) is 4.99 Å². The maximum Gasteiger partial charge on any atom is 0.329 e. The maximum absolute atomic E-state index is 12.4. The molecule has 106 valence electrons. The smallest absolute Gasteiger partial charge is 0.329 e. The first-order valence-corrected chi connectivity index (χ1v) is 7.07. The number of ether oxygens (including phenoxy) is 1. The Bertz CT molecular complexity index is 572. The van der Waals surface area contributed by atoms with Crippen LogP contribution in [0.2, 0.25) is 0 Å². The Labute approximate surface area is 119 Å². The van der Waals surface area contributed by atoms with Crippen LogP contribution in [0.25, 0.3) is 0 Å². The molecule has 2 aliphatic heterocycles. The SMILES string of the molecule is CC(C)(C)OC(=O)C1Cc2cccc3c2N1CCN=C3. The molecule has 0 amide bonds. The molecule has 0 radical (unpaired) electrons. The first-order valence-electron chi connectivity index (χ1n) is 7.07. The fraction of sp³-hybridized carbons (Fsp3) is 0.500. The molecular formula is C16H20N2O2. The number of anilines is 1. The van der Waals surface area contributed by atoms with E-state index in [9.17, 15) is 4.79 Å². The number of hydrogen-bond acceptors (Lipinski definition) is 4. The zero-order valence-corrected chi connectivity index (χ0v) is 12.2. The Morgan fingerprint density at radius 3 is 2.95 bits per heavy atom. The normalized spacial score (nSPS) is 20.6. The molecular weight excluding hydrogens is 252 g/mol. The van der Waals surface area contributed by atoms with Crippen LogP contribution in [-0.4, -0.2) is 36.9 Å². The molecule has 0 aliphatic carbocycles. The van der Waals surface area contributed by atoms with E-state index >= 15 is 0 Å². The first kappa shape index (κ1) is 13.2. The zero-order valence-electron chi connectivity index (χ0n) is 12.2. The van der Waals surface area contributed by atoms with Gasteiger partial charge in [-0.2, -0.15) is 0 Å². The summed E-state index contributed by atoms with van der Waals surface area (Å²) in [6.07, 6.45) is 2.64. The summed E-state index contributed by atoms with van der Waals surface area (Å²) in [6, 6.07) is 5.96. The van der Waals surface area contributed by atoms with Gasteiger partial charge < -0.3 is 9.64 Å². The molecule has 3 rings (SSSR count). The number of rotatable bonds is 1. The van der Waals surface area contributed by atoms with Crippen LogP contribution >= 0.6 is 0 Å². The van der Waals surface area contributed by atoms with Crippen molar-refractivity contribution in [3.63, 3.8) is 0 Å². The van der Waals surface area contributed by atoms with Crippen molar-refractivity contribution < 1.29 is 9.53 Å². The second-order valence-electron chi connectivity index (χ2n) is 6.34. The fourth-order valence-corrected chi connectivity index (χ4v) is 2.88. The minimum atomic E-state index is -0.447. The predicted octanol–water partition coefficient (Wildman–Crippen LogP) is 2.19. The van der Waals surface area contributed by atoms with Gasteiger partial charge in [-0.05, 0) is 26.3 Å². The quantitative estimate of drug-likeness (QED) is 0.736. The number of hydrogen-bond donors (Lipinski definition) is 0. The van der Waals surface area contributed by atoms with Crippen molar-refractivity contribution in [1.82, 2.24) is 0 Å². The molecule has 0 saturated carbocycles. The molecule has 4 heteroatoms. The molecule has 0 spiro atoms. The van der Waals surface area contributed by atoms with Gasteiger partial charge in [0.25, 0.3) is 0 Å². The molecule has 2 heterocycles. The number of para-hydroxylation sites is 1. The topological polar surface area (TPSA) is 41.9 Å². The summed E-state index contributed by atoms with van der Waals surface area (Å²) in [6.45, 7) is 7.20. The summed E-state index contributed by atoms with van der Waals surface area (Å²) in [4.78, 5) is 19.0. The Balaban J connectivity index is 1.92. The van der Waals surface area contributed by atoms with Gasteiger partial charge in [-0.15, -0.1) is 0 Å². The summed E-state index contributed by atoms with van der Waals surface area (Å²) in [5.41, 5.74) is 3.03. The number of carbonyl (C=O) groups is 1. The number of aliphatic imine (C=N–C) groups is 1. The van der Waals surface area contributed by atoms with Crippen LogP contribution in [0.15, 0.2) is 23.2 Å². The van der Waals surface area contributed by atoms with Crippen molar-refractivity contribution in [2.75, 3.05) is 18.0 Å². The third-order valence-corrected chi connectivity index (χ3v) is 3.61. The first-order chi connectivity index (χ1) is 9.46. The van der Waals surface area contributed by atoms with Gasteiger partial charge in [0.05, 0.1) is 6.54 Å². The van der Waals surface area contributed by atoms with Crippen LogP contribution in [0.1, 0.15) is 31.9 Å². The Kier molecular flexibility index (Phi) is 3.04. The van der Waals surface area contributed by atoms with Crippen LogP contribution in [0, 0.1) is 0 Å². The van der Waals surface area contributed by atoms with E-state index in [1.54, 1.807) is 0 Å². The zero-order chi connectivity index (χ0) is 14.3. The van der Waals surface area contributed by atoms with Crippen LogP contribution < -0.4 is 4.90 Å². The second kappa shape index (κ2) is 4.62. The van der Waals surface area contributed by atoms with Crippen molar-refractivity contribution in [2.24, 2.45) is 4.99 Å². The fourth-order valence-electron chi connectivity index (χ4n) is 2.88. The van der Waals surface area contributed by atoms with Gasteiger partial charge in [-0.25, -0.2) is 4.79 Å². The highest BCUT2D eigenvalue weighted by Crippen LogP contribution is 2.36. The molecule has 20 heavy (non-hydrogen) atoms. The highest BCUT2D eigenvalue weighted by molar-refractivity contribution is 5.94. The molecule has 0 N–H and O–H groups in total. The van der Waals surface area contributed by atoms with Crippen LogP contribution in [0.5, 0.6) is 0 Å². The van der Waals surface area contributed by atoms with Crippen molar-refractivity contribution in [3.8, 4) is 0 Å². The molecule has 1 atom stereocenters. The average molecular weight is 272 g/mol. The van der Waals surface area contributed by atoms with E-state index in [1.165, 1.54) is 5.56 Å². The number of carbonyl (C=O) groups excluding carboxylic acids is 1. The average Bonchev–Trinajstić information content (AvgIpc) is 2.58. The lowest BCUT2D eigenvalue weighted by Crippen LogP contribution is -2.43. The van der Waals surface area contributed by atoms with Gasteiger partial charge in [0.1, 0.15) is 11.6 Å². The molecule has 0 bridgehead atoms. The third kappa shape index (κ3) is 2.30. The van der Waals surface area contributed by atoms with Gasteiger partial charge in [0, 0.05) is 30.4 Å². The number of esters is 1. The molecule has 1 unspecified atom stereocenters. The lowest BCUT2D eigenvalue weighted by atomic mass is 10.1. The standard InChI is InChI=1S/C16H20N2O2/c1-16(2,3)20-15(19)13-9-11-5-4-6-12-10-17-7-8-18(13)14(11)12/h4-6,10,13H,7-9H2,1-3H3. The van der Waals surface area contributed by atoms with E-state index in [0.29, 0.717) is 6.54 Å². The molecule has 0 saturated heterocycles. The molecule has 0 fully saturated rings. The van der Waals surface area contributed by atoms with Crippen LogP contribution in [-0.2, 0) is 16.0 Å². The lowest BCUT2D eigenvalue weighted by molar-refractivity contribution is -0.156. The lowest BCUT2D eigenvalue weighted by Gasteiger charge is -2.28. The van der Waals surface area contributed by atoms with E-state index in [-0.39, 0.29) is 12.0 Å². The summed E-state index contributed by atoms with van der Waals surface area (Å²) in [5, 5.41) is 0. The Morgan fingerprint density at radius 2 is 2.20 bits per heavy atom. The summed E-state index contributed by atoms with van der Waals surface area (Å²) < 4.78 is 5.57. The number of benzene rings is 1. The largest absolute Gasteiger partial charge is 0.458 e. The summed E-state index contributed by atoms with van der Waals surface area (Å²) in [5.74, 6) is -0.137. The second-order valence-corrected chi connectivity index (χ2v) is 6.34. The molecule has 1 aromatic rings. The number of nitrogens with zero attached hydrogens (tertiary/aromatic N) is 2. The predicted molar refractivity (Wildman–Crippen MR) is 79.6 cm³/mol. The van der Waals surface area contributed by atoms with Crippen LogP contribution in [0.4, 0.5) is 5.69 Å². The molecule has 2 aliphatic rings. The molecule has 4 nitrogen and oxygen atoms in total. The van der Waals surface area contributed by atoms with Gasteiger partial charge >= 0.3 is 5.97 Å². The molecule has 1 aromatic carbocycles. The Hall–Kier alpha value is -1.84. The van der Waals surface area contributed by atoms with Gasteiger partial charge in [0.2, 0.25) is 0 Å². The van der Waals surface area contributed by atoms with E-state index in [0.717, 1.165) is 24.2 Å². The van der Waals surface area contributed by atoms with E-state index in [4.69, 9.17) is 4.74 Å². The highest BCUT2D eigenvalue weighted by Gasteiger charge is 2.38. The van der Waals surface area contributed by atoms with Crippen molar-refractivity contribution in [3.05, 3.63) is 29.3 Å². The van der Waals surface area contributed by atoms with E-state index < -0.39 is 5.60 Å². The van der Waals surface area contributed by atoms with E-state index in [1.807, 2.05) is 33.1 Å². The minimum Gasteiger partial charge on any atom is -0.458 e. The molecule has 0 aromatic heterocycles.